The summed E-state index contributed by atoms with van der Waals surface area (Å²) < 4.78 is 19.8. The zero-order chi connectivity index (χ0) is 15.7. The number of pyridine rings is 1. The first-order valence-corrected chi connectivity index (χ1v) is 6.58. The summed E-state index contributed by atoms with van der Waals surface area (Å²) in [5.74, 6) is 0.0248. The van der Waals surface area contributed by atoms with Crippen LogP contribution in [0.4, 0.5) is 16.0 Å². The quantitative estimate of drug-likeness (QED) is 0.772. The largest absolute Gasteiger partial charge is 0.480 e. The summed E-state index contributed by atoms with van der Waals surface area (Å²) in [6, 6.07) is 6.81. The number of nitrogens with one attached hydrogen (secondary N) is 1. The molecule has 0 saturated heterocycles. The summed E-state index contributed by atoms with van der Waals surface area (Å²) in [7, 11) is 3.14. The van der Waals surface area contributed by atoms with Crippen LogP contribution in [0.25, 0.3) is 22.2 Å². The average molecular weight is 299 g/mol. The van der Waals surface area contributed by atoms with E-state index in [1.165, 1.54) is 7.11 Å². The van der Waals surface area contributed by atoms with Gasteiger partial charge < -0.3 is 15.8 Å². The van der Waals surface area contributed by atoms with Crippen LogP contribution in [-0.4, -0.2) is 29.1 Å². The number of fused-ring (bicyclic) bond motifs is 1. The Morgan fingerprint density at radius 1 is 1.23 bits per heavy atom. The molecule has 0 atom stereocenters. The van der Waals surface area contributed by atoms with Gasteiger partial charge >= 0.3 is 0 Å². The van der Waals surface area contributed by atoms with Gasteiger partial charge in [0.05, 0.1) is 12.8 Å². The van der Waals surface area contributed by atoms with Crippen LogP contribution < -0.4 is 15.8 Å². The number of benzene rings is 1. The number of ether oxygens (including phenoxy) is 1. The van der Waals surface area contributed by atoms with Gasteiger partial charge in [-0.3, -0.25) is 0 Å². The van der Waals surface area contributed by atoms with Gasteiger partial charge in [-0.05, 0) is 12.1 Å². The topological polar surface area (TPSA) is 86.0 Å². The van der Waals surface area contributed by atoms with Crippen molar-refractivity contribution in [1.82, 2.24) is 15.0 Å². The molecule has 22 heavy (non-hydrogen) atoms. The van der Waals surface area contributed by atoms with Gasteiger partial charge in [-0.1, -0.05) is 12.1 Å². The fourth-order valence-corrected chi connectivity index (χ4v) is 2.24. The lowest BCUT2D eigenvalue weighted by Gasteiger charge is -2.12. The summed E-state index contributed by atoms with van der Waals surface area (Å²) in [5.41, 5.74) is 7.26. The van der Waals surface area contributed by atoms with E-state index in [0.29, 0.717) is 27.8 Å². The van der Waals surface area contributed by atoms with E-state index in [-0.39, 0.29) is 17.6 Å². The zero-order valence-electron chi connectivity index (χ0n) is 12.1. The van der Waals surface area contributed by atoms with Crippen molar-refractivity contribution in [1.29, 1.82) is 0 Å². The van der Waals surface area contributed by atoms with E-state index in [0.717, 1.165) is 0 Å². The van der Waals surface area contributed by atoms with Crippen LogP contribution in [0.2, 0.25) is 0 Å². The van der Waals surface area contributed by atoms with Crippen molar-refractivity contribution in [2.75, 3.05) is 25.2 Å². The lowest BCUT2D eigenvalue weighted by molar-refractivity contribution is 0.401. The lowest BCUT2D eigenvalue weighted by Crippen LogP contribution is -2.00. The van der Waals surface area contributed by atoms with E-state index >= 15 is 0 Å². The fourth-order valence-electron chi connectivity index (χ4n) is 2.24. The van der Waals surface area contributed by atoms with E-state index < -0.39 is 0 Å². The molecule has 0 radical (unpaired) electrons. The summed E-state index contributed by atoms with van der Waals surface area (Å²) in [6.07, 6.45) is 1.55. The number of hydrogen-bond donors (Lipinski definition) is 2. The Morgan fingerprint density at radius 3 is 2.77 bits per heavy atom. The number of nitrogen functional groups attached to an aromatic ring is 1. The van der Waals surface area contributed by atoms with Gasteiger partial charge in [0, 0.05) is 29.8 Å². The minimum absolute atomic E-state index is 0.123. The van der Waals surface area contributed by atoms with Crippen LogP contribution in [-0.2, 0) is 0 Å². The SMILES string of the molecule is CNc1cccc(-c2cc3cnc(N)nc3nc2OC)c1F. The van der Waals surface area contributed by atoms with Crippen LogP contribution in [0.15, 0.2) is 30.5 Å². The Labute approximate surface area is 126 Å². The highest BCUT2D eigenvalue weighted by atomic mass is 19.1. The Bertz CT molecular complexity index is 853. The molecule has 3 aromatic rings. The molecule has 0 aliphatic heterocycles. The first kappa shape index (κ1) is 14.0. The molecule has 0 fully saturated rings. The summed E-state index contributed by atoms with van der Waals surface area (Å²) >= 11 is 0. The summed E-state index contributed by atoms with van der Waals surface area (Å²) in [5, 5.41) is 3.46. The predicted molar refractivity (Wildman–Crippen MR) is 83.2 cm³/mol. The highest BCUT2D eigenvalue weighted by Crippen LogP contribution is 2.34. The normalized spacial score (nSPS) is 10.7. The highest BCUT2D eigenvalue weighted by Gasteiger charge is 2.16. The van der Waals surface area contributed by atoms with Crippen LogP contribution in [0, 0.1) is 5.82 Å². The zero-order valence-corrected chi connectivity index (χ0v) is 12.1. The fraction of sp³-hybridized carbons (Fsp3) is 0.133. The number of rotatable bonds is 3. The van der Waals surface area contributed by atoms with Crippen molar-refractivity contribution in [3.8, 4) is 17.0 Å². The second-order valence-corrected chi connectivity index (χ2v) is 4.60. The number of methoxy groups -OCH3 is 1. The number of halogens is 1. The lowest BCUT2D eigenvalue weighted by atomic mass is 10.0. The molecule has 0 saturated carbocycles. The molecule has 6 nitrogen and oxygen atoms in total. The van der Waals surface area contributed by atoms with Crippen LogP contribution in [0.5, 0.6) is 5.88 Å². The van der Waals surface area contributed by atoms with Crippen LogP contribution in [0.1, 0.15) is 0 Å². The van der Waals surface area contributed by atoms with Gasteiger partial charge in [-0.2, -0.15) is 9.97 Å². The van der Waals surface area contributed by atoms with Crippen LogP contribution >= 0.6 is 0 Å². The van der Waals surface area contributed by atoms with Crippen molar-refractivity contribution in [3.05, 3.63) is 36.3 Å². The molecule has 2 heterocycles. The van der Waals surface area contributed by atoms with E-state index in [1.54, 1.807) is 37.5 Å². The molecule has 0 bridgehead atoms. The molecule has 0 unspecified atom stereocenters. The summed E-state index contributed by atoms with van der Waals surface area (Å²) in [4.78, 5) is 12.3. The number of anilines is 2. The van der Waals surface area contributed by atoms with Gasteiger partial charge in [0.25, 0.3) is 0 Å². The van der Waals surface area contributed by atoms with E-state index in [2.05, 4.69) is 20.3 Å². The molecule has 3 rings (SSSR count). The third-order valence-electron chi connectivity index (χ3n) is 3.30. The summed E-state index contributed by atoms with van der Waals surface area (Å²) in [6.45, 7) is 0. The molecule has 7 heteroatoms. The molecular weight excluding hydrogens is 285 g/mol. The van der Waals surface area contributed by atoms with E-state index in [9.17, 15) is 4.39 Å². The molecule has 112 valence electrons. The first-order chi connectivity index (χ1) is 10.6. The molecule has 2 aromatic heterocycles. The third kappa shape index (κ3) is 2.26. The number of nitrogens with zero attached hydrogens (tertiary/aromatic N) is 3. The molecule has 0 aliphatic rings. The number of aromatic nitrogens is 3. The first-order valence-electron chi connectivity index (χ1n) is 6.58. The van der Waals surface area contributed by atoms with Gasteiger partial charge in [0.15, 0.2) is 11.5 Å². The van der Waals surface area contributed by atoms with E-state index in [4.69, 9.17) is 10.5 Å². The minimum atomic E-state index is -0.374. The number of nitrogens with two attached hydrogens (primary N) is 1. The Balaban J connectivity index is 2.28. The van der Waals surface area contributed by atoms with Gasteiger partial charge in [-0.25, -0.2) is 9.37 Å². The smallest absolute Gasteiger partial charge is 0.223 e. The van der Waals surface area contributed by atoms with Gasteiger partial charge in [-0.15, -0.1) is 0 Å². The molecule has 1 aromatic carbocycles. The third-order valence-corrected chi connectivity index (χ3v) is 3.30. The van der Waals surface area contributed by atoms with E-state index in [1.807, 2.05) is 0 Å². The Morgan fingerprint density at radius 2 is 2.05 bits per heavy atom. The maximum atomic E-state index is 14.5. The second-order valence-electron chi connectivity index (χ2n) is 4.60. The Kier molecular flexibility index (Phi) is 3.46. The van der Waals surface area contributed by atoms with Gasteiger partial charge in [0.2, 0.25) is 11.8 Å². The van der Waals surface area contributed by atoms with Crippen molar-refractivity contribution in [2.45, 2.75) is 0 Å². The van der Waals surface area contributed by atoms with Crippen molar-refractivity contribution >= 4 is 22.7 Å². The molecule has 0 spiro atoms. The molecular formula is C15H14FN5O. The predicted octanol–water partition coefficient (Wildman–Crippen LogP) is 2.46. The highest BCUT2D eigenvalue weighted by molar-refractivity contribution is 5.85. The maximum absolute atomic E-state index is 14.5. The van der Waals surface area contributed by atoms with Crippen molar-refractivity contribution < 1.29 is 9.13 Å². The number of hydrogen-bond acceptors (Lipinski definition) is 6. The van der Waals surface area contributed by atoms with Crippen molar-refractivity contribution in [3.63, 3.8) is 0 Å². The second kappa shape index (κ2) is 5.44. The maximum Gasteiger partial charge on any atom is 0.223 e. The van der Waals surface area contributed by atoms with Crippen LogP contribution in [0.3, 0.4) is 0 Å². The molecule has 0 aliphatic carbocycles. The average Bonchev–Trinajstić information content (AvgIpc) is 2.54. The molecule has 3 N–H and O–H groups in total. The van der Waals surface area contributed by atoms with Gasteiger partial charge in [0.1, 0.15) is 0 Å². The standard InChI is InChI=1S/C15H14FN5O/c1-18-11-5-3-4-9(12(11)16)10-6-8-7-19-15(17)21-13(8)20-14(10)22-2/h3-7,18H,1-2H3,(H2,17,19,20,21). The molecule has 0 amide bonds. The Hall–Kier alpha value is -2.96. The minimum Gasteiger partial charge on any atom is -0.480 e. The van der Waals surface area contributed by atoms with Crippen molar-refractivity contribution in [2.24, 2.45) is 0 Å². The monoisotopic (exact) mass is 299 g/mol.